The third kappa shape index (κ3) is 3.52. The average molecular weight is 371 g/mol. The fourth-order valence-corrected chi connectivity index (χ4v) is 2.73. The molecule has 142 valence electrons. The second kappa shape index (κ2) is 7.16. The Kier molecular flexibility index (Phi) is 4.91. The molecule has 0 spiro atoms. The first-order chi connectivity index (χ1) is 12.8. The number of hydrogen-bond donors (Lipinski definition) is 4. The van der Waals surface area contributed by atoms with Crippen LogP contribution in [0.5, 0.6) is 5.75 Å². The van der Waals surface area contributed by atoms with Crippen molar-refractivity contribution in [3.8, 4) is 5.75 Å². The summed E-state index contributed by atoms with van der Waals surface area (Å²) < 4.78 is 5.33. The number of phenolic OH excluding ortho intramolecular Hbond substituents is 1. The van der Waals surface area contributed by atoms with Crippen molar-refractivity contribution in [1.29, 1.82) is 0 Å². The van der Waals surface area contributed by atoms with Crippen molar-refractivity contribution in [3.05, 3.63) is 58.8 Å². The lowest BCUT2D eigenvalue weighted by Crippen LogP contribution is -2.45. The summed E-state index contributed by atoms with van der Waals surface area (Å²) in [6.07, 6.45) is 0.343. The zero-order valence-electron chi connectivity index (χ0n) is 15.2. The van der Waals surface area contributed by atoms with Crippen LogP contribution in [0.1, 0.15) is 21.7 Å². The number of phenols is 1. The van der Waals surface area contributed by atoms with E-state index in [1.54, 1.807) is 32.5 Å². The topological polar surface area (TPSA) is 115 Å². The maximum absolute atomic E-state index is 12.1. The van der Waals surface area contributed by atoms with E-state index in [2.05, 4.69) is 10.6 Å². The van der Waals surface area contributed by atoms with Gasteiger partial charge in [-0.1, -0.05) is 6.07 Å². The predicted molar refractivity (Wildman–Crippen MR) is 98.1 cm³/mol. The first-order valence-electron chi connectivity index (χ1n) is 8.34. The molecule has 0 radical (unpaired) electrons. The molecule has 3 rings (SSSR count). The maximum atomic E-state index is 12.1. The molecule has 27 heavy (non-hydrogen) atoms. The lowest BCUT2D eigenvalue weighted by Gasteiger charge is -2.29. The number of Topliss-reactive ketones (excluding diaryl/α,β-unsaturated/α-hetero) is 1. The first-order valence-corrected chi connectivity index (χ1v) is 8.34. The van der Waals surface area contributed by atoms with Crippen molar-refractivity contribution < 1.29 is 24.2 Å². The molecule has 1 aliphatic rings. The van der Waals surface area contributed by atoms with Gasteiger partial charge in [-0.15, -0.1) is 0 Å². The summed E-state index contributed by atoms with van der Waals surface area (Å²) in [6.45, 7) is 2.19. The molecule has 1 amide bonds. The number of amides is 1. The lowest BCUT2D eigenvalue weighted by molar-refractivity contribution is -0.124. The van der Waals surface area contributed by atoms with Gasteiger partial charge in [-0.3, -0.25) is 9.59 Å². The summed E-state index contributed by atoms with van der Waals surface area (Å²) in [7, 11) is 3.16. The molecule has 1 aromatic heterocycles. The van der Waals surface area contributed by atoms with Crippen LogP contribution in [0.3, 0.4) is 0 Å². The van der Waals surface area contributed by atoms with Gasteiger partial charge in [-0.25, -0.2) is 0 Å². The van der Waals surface area contributed by atoms with Gasteiger partial charge in [0.1, 0.15) is 11.5 Å². The third-order valence-corrected chi connectivity index (χ3v) is 4.21. The van der Waals surface area contributed by atoms with E-state index >= 15 is 0 Å². The van der Waals surface area contributed by atoms with Gasteiger partial charge in [0.05, 0.1) is 29.8 Å². The summed E-state index contributed by atoms with van der Waals surface area (Å²) >= 11 is 0. The van der Waals surface area contributed by atoms with Crippen LogP contribution in [0.15, 0.2) is 46.3 Å². The van der Waals surface area contributed by atoms with Crippen molar-refractivity contribution in [2.75, 3.05) is 19.4 Å². The van der Waals surface area contributed by atoms with Crippen molar-refractivity contribution >= 4 is 17.4 Å². The molecule has 0 bridgehead atoms. The quantitative estimate of drug-likeness (QED) is 0.567. The molecule has 1 aromatic carbocycles. The van der Waals surface area contributed by atoms with Gasteiger partial charge >= 0.3 is 0 Å². The zero-order valence-corrected chi connectivity index (χ0v) is 15.2. The zero-order chi connectivity index (χ0) is 19.7. The van der Waals surface area contributed by atoms with Crippen LogP contribution in [0, 0.1) is 6.92 Å². The molecule has 8 heteroatoms. The van der Waals surface area contributed by atoms with Gasteiger partial charge in [-0.2, -0.15) is 0 Å². The van der Waals surface area contributed by atoms with Gasteiger partial charge in [0.25, 0.3) is 5.91 Å². The maximum Gasteiger partial charge on any atom is 0.257 e. The van der Waals surface area contributed by atoms with E-state index in [4.69, 9.17) is 4.42 Å². The fourth-order valence-electron chi connectivity index (χ4n) is 2.73. The van der Waals surface area contributed by atoms with E-state index in [1.807, 2.05) is 13.0 Å². The highest BCUT2D eigenvalue weighted by Gasteiger charge is 2.38. The number of furan rings is 1. The second-order valence-electron chi connectivity index (χ2n) is 6.53. The Morgan fingerprint density at radius 3 is 2.70 bits per heavy atom. The van der Waals surface area contributed by atoms with Crippen LogP contribution in [0.2, 0.25) is 0 Å². The third-order valence-electron chi connectivity index (χ3n) is 4.21. The molecule has 0 saturated heterocycles. The Balaban J connectivity index is 1.82. The number of nitrogens with one attached hydrogen (secondary N) is 2. The van der Waals surface area contributed by atoms with E-state index in [-0.39, 0.29) is 28.6 Å². The van der Waals surface area contributed by atoms with Crippen LogP contribution < -0.4 is 10.6 Å². The lowest BCUT2D eigenvalue weighted by atomic mass is 9.94. The number of hydrogen-bond acceptors (Lipinski definition) is 7. The number of aliphatic hydroxyl groups excluding tert-OH is 1. The van der Waals surface area contributed by atoms with Crippen LogP contribution in [-0.4, -0.2) is 47.0 Å². The largest absolute Gasteiger partial charge is 0.505 e. The highest BCUT2D eigenvalue weighted by molar-refractivity contribution is 6.11. The van der Waals surface area contributed by atoms with Crippen molar-refractivity contribution in [3.63, 3.8) is 0 Å². The summed E-state index contributed by atoms with van der Waals surface area (Å²) in [5.74, 6) is -0.472. The Labute approximate surface area is 156 Å². The number of benzene rings is 1. The van der Waals surface area contributed by atoms with Gasteiger partial charge in [0.15, 0.2) is 11.9 Å². The second-order valence-corrected chi connectivity index (χ2v) is 6.53. The highest BCUT2D eigenvalue weighted by Crippen LogP contribution is 2.32. The number of carbonyl (C=O) groups excluding carboxylic acids is 2. The molecular formula is C19H21N3O5. The molecule has 8 nitrogen and oxygen atoms in total. The van der Waals surface area contributed by atoms with Crippen LogP contribution in [-0.2, 0) is 11.3 Å². The molecule has 1 heterocycles. The Morgan fingerprint density at radius 1 is 1.33 bits per heavy atom. The molecule has 1 aliphatic carbocycles. The normalized spacial score (nSPS) is 16.1. The summed E-state index contributed by atoms with van der Waals surface area (Å²) in [5, 5.41) is 26.1. The van der Waals surface area contributed by atoms with E-state index in [9.17, 15) is 19.8 Å². The number of para-hydroxylation sites is 1. The number of ketones is 1. The van der Waals surface area contributed by atoms with Crippen LogP contribution >= 0.6 is 0 Å². The molecule has 1 atom stereocenters. The monoisotopic (exact) mass is 371 g/mol. The molecule has 1 unspecified atom stereocenters. The standard InChI is InChI=1S/C19H21N3O5/c1-10-7-11(27-9-10)8-20-14-15(18(25)17(14)24)21-13-6-4-5-12(16(13)23)19(26)22(2)3/h4-7,9,17,20-21,23-24H,8H2,1-3H3. The first kappa shape index (κ1) is 18.5. The van der Waals surface area contributed by atoms with E-state index < -0.39 is 11.9 Å². The Morgan fingerprint density at radius 2 is 2.07 bits per heavy atom. The predicted octanol–water partition coefficient (Wildman–Crippen LogP) is 1.35. The van der Waals surface area contributed by atoms with Crippen LogP contribution in [0.4, 0.5) is 5.69 Å². The van der Waals surface area contributed by atoms with E-state index in [1.165, 1.54) is 11.0 Å². The molecule has 0 saturated carbocycles. The number of nitrogens with zero attached hydrogens (tertiary/aromatic N) is 1. The summed E-state index contributed by atoms with van der Waals surface area (Å²) in [5.41, 5.74) is 1.72. The number of aryl methyl sites for hydroxylation is 1. The average Bonchev–Trinajstić information content (AvgIpc) is 3.06. The van der Waals surface area contributed by atoms with E-state index in [0.717, 1.165) is 5.56 Å². The van der Waals surface area contributed by atoms with Crippen molar-refractivity contribution in [1.82, 2.24) is 10.2 Å². The number of rotatable bonds is 6. The summed E-state index contributed by atoms with van der Waals surface area (Å²) in [6, 6.07) is 6.47. The number of aliphatic hydroxyl groups is 1. The minimum absolute atomic E-state index is 0.110. The smallest absolute Gasteiger partial charge is 0.257 e. The Hall–Kier alpha value is -3.26. The Bertz CT molecular complexity index is 929. The summed E-state index contributed by atoms with van der Waals surface area (Å²) in [4.78, 5) is 25.5. The molecule has 0 fully saturated rings. The van der Waals surface area contributed by atoms with Gasteiger partial charge in [-0.05, 0) is 30.7 Å². The molecule has 0 aliphatic heterocycles. The van der Waals surface area contributed by atoms with Gasteiger partial charge in [0.2, 0.25) is 5.78 Å². The van der Waals surface area contributed by atoms with Crippen molar-refractivity contribution in [2.24, 2.45) is 0 Å². The van der Waals surface area contributed by atoms with Crippen molar-refractivity contribution in [2.45, 2.75) is 19.6 Å². The number of aromatic hydroxyl groups is 1. The fraction of sp³-hybridized carbons (Fsp3) is 0.263. The minimum atomic E-state index is -1.27. The number of carbonyl (C=O) groups is 2. The SMILES string of the molecule is Cc1coc(CNC2=C(Nc3cccc(C(=O)N(C)C)c3O)C(=O)C2O)c1. The highest BCUT2D eigenvalue weighted by atomic mass is 16.3. The minimum Gasteiger partial charge on any atom is -0.505 e. The molecule has 2 aromatic rings. The molecular weight excluding hydrogens is 350 g/mol. The molecule has 4 N–H and O–H groups in total. The number of anilines is 1. The van der Waals surface area contributed by atoms with Crippen LogP contribution in [0.25, 0.3) is 0 Å². The van der Waals surface area contributed by atoms with Gasteiger partial charge in [0, 0.05) is 14.1 Å². The van der Waals surface area contributed by atoms with Gasteiger partial charge < -0.3 is 30.2 Å². The van der Waals surface area contributed by atoms with E-state index in [0.29, 0.717) is 18.0 Å².